The fraction of sp³-hybridized carbons (Fsp3) is 0.143. The Bertz CT molecular complexity index is 999. The molecule has 1 fully saturated rings. The van der Waals surface area contributed by atoms with E-state index in [1.807, 2.05) is 18.2 Å². The highest BCUT2D eigenvalue weighted by molar-refractivity contribution is 6.06. The minimum absolute atomic E-state index is 0.225. The lowest BCUT2D eigenvalue weighted by Crippen LogP contribution is -2.24. The van der Waals surface area contributed by atoms with Crippen LogP contribution in [0.1, 0.15) is 34.7 Å². The predicted octanol–water partition coefficient (Wildman–Crippen LogP) is 3.80. The zero-order valence-electron chi connectivity index (χ0n) is 13.8. The fourth-order valence-corrected chi connectivity index (χ4v) is 3.31. The Morgan fingerprint density at radius 1 is 0.920 bits per heavy atom. The normalized spacial score (nSPS) is 13.6. The van der Waals surface area contributed by atoms with Crippen molar-refractivity contribution < 1.29 is 4.79 Å². The molecule has 1 aliphatic rings. The summed E-state index contributed by atoms with van der Waals surface area (Å²) in [5.74, 6) is 0.00236. The monoisotopic (exact) mass is 329 g/mol. The van der Waals surface area contributed by atoms with E-state index in [1.54, 1.807) is 6.07 Å². The Balaban J connectivity index is 1.90. The molecule has 1 amide bonds. The third-order valence-electron chi connectivity index (χ3n) is 4.63. The number of carbonyl (C=O) groups is 1. The van der Waals surface area contributed by atoms with E-state index >= 15 is 0 Å². The van der Waals surface area contributed by atoms with Crippen LogP contribution in [-0.2, 0) is 0 Å². The first-order chi connectivity index (χ1) is 12.1. The number of guanidine groups is 1. The first kappa shape index (κ1) is 15.4. The van der Waals surface area contributed by atoms with Crippen LogP contribution in [0.25, 0.3) is 21.9 Å². The first-order valence-corrected chi connectivity index (χ1v) is 8.39. The van der Waals surface area contributed by atoms with E-state index < -0.39 is 5.91 Å². The molecule has 4 rings (SSSR count). The summed E-state index contributed by atoms with van der Waals surface area (Å²) in [6, 6.07) is 20.3. The molecule has 0 heterocycles. The van der Waals surface area contributed by atoms with Crippen molar-refractivity contribution in [2.24, 2.45) is 16.5 Å². The standard InChI is InChI=1S/C21H19N3O/c22-21(23)24-20(25)15-11-10-13-4-3-7-18(19(13)12-15)17-6-2-1-5-16(17)14-8-9-14/h1-7,10-12,14H,8-9H2,(H4,22,23,24,25). The third-order valence-corrected chi connectivity index (χ3v) is 4.63. The molecule has 3 aromatic carbocycles. The second-order valence-electron chi connectivity index (χ2n) is 6.44. The zero-order valence-corrected chi connectivity index (χ0v) is 13.8. The lowest BCUT2D eigenvalue weighted by Gasteiger charge is -2.12. The summed E-state index contributed by atoms with van der Waals surface area (Å²) in [5, 5.41) is 2.12. The SMILES string of the molecule is NC(N)=NC(=O)c1ccc2cccc(-c3ccccc3C3CC3)c2c1. The van der Waals surface area contributed by atoms with Gasteiger partial charge in [-0.1, -0.05) is 48.5 Å². The van der Waals surface area contributed by atoms with E-state index in [0.29, 0.717) is 11.5 Å². The Kier molecular flexibility index (Phi) is 3.73. The Morgan fingerprint density at radius 2 is 1.68 bits per heavy atom. The summed E-state index contributed by atoms with van der Waals surface area (Å²) in [6.45, 7) is 0. The van der Waals surface area contributed by atoms with Gasteiger partial charge in [0.2, 0.25) is 0 Å². The molecule has 3 aromatic rings. The fourth-order valence-electron chi connectivity index (χ4n) is 3.31. The highest BCUT2D eigenvalue weighted by atomic mass is 16.1. The average molecular weight is 329 g/mol. The van der Waals surface area contributed by atoms with Crippen LogP contribution >= 0.6 is 0 Å². The van der Waals surface area contributed by atoms with Crippen molar-refractivity contribution in [1.82, 2.24) is 0 Å². The van der Waals surface area contributed by atoms with Gasteiger partial charge in [0.1, 0.15) is 0 Å². The Labute approximate surface area is 146 Å². The summed E-state index contributed by atoms with van der Waals surface area (Å²) in [4.78, 5) is 15.8. The van der Waals surface area contributed by atoms with Gasteiger partial charge in [0, 0.05) is 5.56 Å². The van der Waals surface area contributed by atoms with Crippen LogP contribution < -0.4 is 11.5 Å². The molecule has 0 bridgehead atoms. The molecule has 0 unspecified atom stereocenters. The molecule has 1 aliphatic carbocycles. The van der Waals surface area contributed by atoms with E-state index in [1.165, 1.54) is 24.0 Å². The number of nitrogens with zero attached hydrogens (tertiary/aromatic N) is 1. The summed E-state index contributed by atoms with van der Waals surface area (Å²) in [6.07, 6.45) is 2.49. The maximum Gasteiger partial charge on any atom is 0.280 e. The number of nitrogens with two attached hydrogens (primary N) is 2. The van der Waals surface area contributed by atoms with Gasteiger partial charge in [-0.3, -0.25) is 4.79 Å². The molecule has 0 aliphatic heterocycles. The summed E-state index contributed by atoms with van der Waals surface area (Å²) in [7, 11) is 0. The van der Waals surface area contributed by atoms with Gasteiger partial charge in [0.15, 0.2) is 5.96 Å². The van der Waals surface area contributed by atoms with E-state index in [0.717, 1.165) is 16.3 Å². The number of hydrogen-bond donors (Lipinski definition) is 2. The molecular formula is C21H19N3O. The van der Waals surface area contributed by atoms with Crippen molar-refractivity contribution >= 4 is 22.6 Å². The summed E-state index contributed by atoms with van der Waals surface area (Å²) < 4.78 is 0. The number of rotatable bonds is 3. The van der Waals surface area contributed by atoms with E-state index in [4.69, 9.17) is 11.5 Å². The van der Waals surface area contributed by atoms with Crippen molar-refractivity contribution in [3.8, 4) is 11.1 Å². The van der Waals surface area contributed by atoms with Gasteiger partial charge in [0.05, 0.1) is 0 Å². The van der Waals surface area contributed by atoms with Crippen LogP contribution in [-0.4, -0.2) is 11.9 Å². The lowest BCUT2D eigenvalue weighted by atomic mass is 9.92. The highest BCUT2D eigenvalue weighted by Gasteiger charge is 2.26. The van der Waals surface area contributed by atoms with Crippen molar-refractivity contribution in [2.75, 3.05) is 0 Å². The molecule has 0 aromatic heterocycles. The molecule has 25 heavy (non-hydrogen) atoms. The minimum Gasteiger partial charge on any atom is -0.370 e. The molecular weight excluding hydrogens is 310 g/mol. The molecule has 0 atom stereocenters. The summed E-state index contributed by atoms with van der Waals surface area (Å²) in [5.41, 5.74) is 14.9. The Morgan fingerprint density at radius 3 is 2.44 bits per heavy atom. The van der Waals surface area contributed by atoms with Crippen LogP contribution in [0, 0.1) is 0 Å². The maximum absolute atomic E-state index is 12.2. The largest absolute Gasteiger partial charge is 0.370 e. The lowest BCUT2D eigenvalue weighted by molar-refractivity contribution is 0.100. The van der Waals surface area contributed by atoms with Gasteiger partial charge in [-0.15, -0.1) is 0 Å². The van der Waals surface area contributed by atoms with Crippen LogP contribution in [0.2, 0.25) is 0 Å². The second kappa shape index (κ2) is 6.06. The number of aliphatic imine (C=N–C) groups is 1. The van der Waals surface area contributed by atoms with Crippen molar-refractivity contribution in [1.29, 1.82) is 0 Å². The topological polar surface area (TPSA) is 81.5 Å². The minimum atomic E-state index is -0.424. The smallest absolute Gasteiger partial charge is 0.280 e. The molecule has 4 N–H and O–H groups in total. The van der Waals surface area contributed by atoms with Gasteiger partial charge in [-0.2, -0.15) is 4.99 Å². The van der Waals surface area contributed by atoms with Crippen LogP contribution in [0.5, 0.6) is 0 Å². The van der Waals surface area contributed by atoms with Crippen molar-refractivity contribution in [2.45, 2.75) is 18.8 Å². The van der Waals surface area contributed by atoms with Gasteiger partial charge in [0.25, 0.3) is 5.91 Å². The first-order valence-electron chi connectivity index (χ1n) is 8.39. The van der Waals surface area contributed by atoms with Crippen molar-refractivity contribution in [3.05, 3.63) is 71.8 Å². The third kappa shape index (κ3) is 2.98. The van der Waals surface area contributed by atoms with Gasteiger partial charge < -0.3 is 11.5 Å². The molecule has 124 valence electrons. The number of amides is 1. The number of hydrogen-bond acceptors (Lipinski definition) is 1. The van der Waals surface area contributed by atoms with Crippen LogP contribution in [0.15, 0.2) is 65.7 Å². The number of carbonyl (C=O) groups excluding carboxylic acids is 1. The predicted molar refractivity (Wildman–Crippen MR) is 101 cm³/mol. The second-order valence-corrected chi connectivity index (χ2v) is 6.44. The van der Waals surface area contributed by atoms with Gasteiger partial charge >= 0.3 is 0 Å². The molecule has 0 saturated heterocycles. The Hall–Kier alpha value is -3.14. The van der Waals surface area contributed by atoms with E-state index in [2.05, 4.69) is 41.4 Å². The van der Waals surface area contributed by atoms with Crippen LogP contribution in [0.4, 0.5) is 0 Å². The van der Waals surface area contributed by atoms with Crippen molar-refractivity contribution in [3.63, 3.8) is 0 Å². The van der Waals surface area contributed by atoms with E-state index in [9.17, 15) is 4.79 Å². The van der Waals surface area contributed by atoms with E-state index in [-0.39, 0.29) is 5.96 Å². The maximum atomic E-state index is 12.2. The molecule has 4 nitrogen and oxygen atoms in total. The molecule has 1 saturated carbocycles. The molecule has 0 spiro atoms. The zero-order chi connectivity index (χ0) is 17.4. The molecule has 4 heteroatoms. The highest BCUT2D eigenvalue weighted by Crippen LogP contribution is 2.45. The molecule has 0 radical (unpaired) electrons. The quantitative estimate of drug-likeness (QED) is 0.566. The van der Waals surface area contributed by atoms with Crippen LogP contribution in [0.3, 0.4) is 0 Å². The summed E-state index contributed by atoms with van der Waals surface area (Å²) >= 11 is 0. The number of fused-ring (bicyclic) bond motifs is 1. The van der Waals surface area contributed by atoms with Gasteiger partial charge in [-0.05, 0) is 58.4 Å². The van der Waals surface area contributed by atoms with Gasteiger partial charge in [-0.25, -0.2) is 0 Å². The average Bonchev–Trinajstić information content (AvgIpc) is 3.45. The number of benzene rings is 3.